The monoisotopic (exact) mass is 231 g/mol. The molecule has 0 saturated carbocycles. The SMILES string of the molecule is CCCCCCC(=O)C[C@@H](O)[C@H](N)C(=O)O. The van der Waals surface area contributed by atoms with Crippen molar-refractivity contribution in [2.45, 2.75) is 57.6 Å². The van der Waals surface area contributed by atoms with E-state index < -0.39 is 18.1 Å². The van der Waals surface area contributed by atoms with E-state index in [0.29, 0.717) is 6.42 Å². The molecule has 0 heterocycles. The summed E-state index contributed by atoms with van der Waals surface area (Å²) in [7, 11) is 0. The highest BCUT2D eigenvalue weighted by molar-refractivity contribution is 5.81. The fourth-order valence-corrected chi connectivity index (χ4v) is 1.38. The second kappa shape index (κ2) is 8.24. The summed E-state index contributed by atoms with van der Waals surface area (Å²) in [6.07, 6.45) is 2.91. The number of unbranched alkanes of at least 4 members (excludes halogenated alkanes) is 3. The van der Waals surface area contributed by atoms with Gasteiger partial charge >= 0.3 is 5.97 Å². The molecule has 0 amide bonds. The lowest BCUT2D eigenvalue weighted by atomic mass is 10.0. The zero-order valence-electron chi connectivity index (χ0n) is 9.69. The van der Waals surface area contributed by atoms with Crippen molar-refractivity contribution in [3.63, 3.8) is 0 Å². The maximum Gasteiger partial charge on any atom is 0.323 e. The molecular weight excluding hydrogens is 210 g/mol. The first-order chi connectivity index (χ1) is 7.49. The Kier molecular flexibility index (Phi) is 7.76. The highest BCUT2D eigenvalue weighted by atomic mass is 16.4. The van der Waals surface area contributed by atoms with Gasteiger partial charge in [0.25, 0.3) is 0 Å². The first-order valence-electron chi connectivity index (χ1n) is 5.67. The van der Waals surface area contributed by atoms with E-state index in [0.717, 1.165) is 25.7 Å². The molecule has 0 radical (unpaired) electrons. The first-order valence-corrected chi connectivity index (χ1v) is 5.67. The van der Waals surface area contributed by atoms with E-state index in [4.69, 9.17) is 10.8 Å². The van der Waals surface area contributed by atoms with Gasteiger partial charge in [-0.1, -0.05) is 26.2 Å². The Morgan fingerprint density at radius 3 is 2.38 bits per heavy atom. The van der Waals surface area contributed by atoms with Crippen molar-refractivity contribution < 1.29 is 19.8 Å². The van der Waals surface area contributed by atoms with E-state index >= 15 is 0 Å². The Labute approximate surface area is 95.6 Å². The Morgan fingerprint density at radius 2 is 1.88 bits per heavy atom. The third-order valence-electron chi connectivity index (χ3n) is 2.45. The van der Waals surface area contributed by atoms with Crippen LogP contribution >= 0.6 is 0 Å². The Morgan fingerprint density at radius 1 is 1.25 bits per heavy atom. The predicted molar refractivity (Wildman–Crippen MR) is 60.0 cm³/mol. The van der Waals surface area contributed by atoms with Gasteiger partial charge in [-0.3, -0.25) is 9.59 Å². The third-order valence-corrected chi connectivity index (χ3v) is 2.45. The van der Waals surface area contributed by atoms with Gasteiger partial charge in [-0.25, -0.2) is 0 Å². The second-order valence-electron chi connectivity index (χ2n) is 3.98. The zero-order valence-corrected chi connectivity index (χ0v) is 9.69. The summed E-state index contributed by atoms with van der Waals surface area (Å²) in [5.41, 5.74) is 5.18. The molecule has 0 aliphatic rings. The molecule has 0 rings (SSSR count). The summed E-state index contributed by atoms with van der Waals surface area (Å²) >= 11 is 0. The molecule has 5 heteroatoms. The molecule has 0 saturated heterocycles. The van der Waals surface area contributed by atoms with Crippen LogP contribution < -0.4 is 5.73 Å². The predicted octanol–water partition coefficient (Wildman–Crippen LogP) is 0.689. The number of Topliss-reactive ketones (excluding diaryl/α,β-unsaturated/α-hetero) is 1. The summed E-state index contributed by atoms with van der Waals surface area (Å²) < 4.78 is 0. The van der Waals surface area contributed by atoms with Crippen LogP contribution in [0.2, 0.25) is 0 Å². The summed E-state index contributed by atoms with van der Waals surface area (Å²) in [6.45, 7) is 2.08. The third kappa shape index (κ3) is 6.53. The molecule has 0 spiro atoms. The fraction of sp³-hybridized carbons (Fsp3) is 0.818. The molecule has 16 heavy (non-hydrogen) atoms. The number of aliphatic hydroxyl groups is 1. The lowest BCUT2D eigenvalue weighted by Crippen LogP contribution is -2.42. The van der Waals surface area contributed by atoms with Crippen LogP contribution in [0.1, 0.15) is 45.4 Å². The standard InChI is InChI=1S/C11H21NO4/c1-2-3-4-5-6-8(13)7-9(14)10(12)11(15)16/h9-10,14H,2-7,12H2,1H3,(H,15,16)/t9-,10+/m1/s1. The number of hydrogen-bond acceptors (Lipinski definition) is 4. The zero-order chi connectivity index (χ0) is 12.6. The van der Waals surface area contributed by atoms with Gasteiger partial charge in [0.2, 0.25) is 0 Å². The van der Waals surface area contributed by atoms with Crippen molar-refractivity contribution in [1.82, 2.24) is 0 Å². The van der Waals surface area contributed by atoms with Gasteiger partial charge in [-0.15, -0.1) is 0 Å². The molecule has 4 N–H and O–H groups in total. The number of carbonyl (C=O) groups excluding carboxylic acids is 1. The van der Waals surface area contributed by atoms with Crippen LogP contribution in [0.15, 0.2) is 0 Å². The van der Waals surface area contributed by atoms with Gasteiger partial charge in [0.1, 0.15) is 11.8 Å². The molecule has 2 atom stereocenters. The van der Waals surface area contributed by atoms with Crippen molar-refractivity contribution in [1.29, 1.82) is 0 Å². The number of aliphatic hydroxyl groups excluding tert-OH is 1. The number of ketones is 1. The van der Waals surface area contributed by atoms with Crippen molar-refractivity contribution in [3.8, 4) is 0 Å². The van der Waals surface area contributed by atoms with Crippen LogP contribution in [0.5, 0.6) is 0 Å². The van der Waals surface area contributed by atoms with Gasteiger partial charge in [0.15, 0.2) is 0 Å². The quantitative estimate of drug-likeness (QED) is 0.507. The van der Waals surface area contributed by atoms with Gasteiger partial charge in [0, 0.05) is 12.8 Å². The number of carboxylic acids is 1. The van der Waals surface area contributed by atoms with Crippen molar-refractivity contribution in [2.24, 2.45) is 5.73 Å². The lowest BCUT2D eigenvalue weighted by Gasteiger charge is -2.13. The minimum absolute atomic E-state index is 0.125. The Bertz CT molecular complexity index is 230. The molecule has 0 aliphatic carbocycles. The van der Waals surface area contributed by atoms with E-state index in [9.17, 15) is 14.7 Å². The summed E-state index contributed by atoms with van der Waals surface area (Å²) in [5, 5.41) is 17.8. The molecule has 0 aromatic heterocycles. The normalized spacial score (nSPS) is 14.4. The minimum atomic E-state index is -1.38. The first kappa shape index (κ1) is 15.1. The molecule has 0 aromatic rings. The summed E-state index contributed by atoms with van der Waals surface area (Å²) in [4.78, 5) is 21.8. The number of aliphatic carboxylic acids is 1. The highest BCUT2D eigenvalue weighted by Gasteiger charge is 2.23. The van der Waals surface area contributed by atoms with Crippen molar-refractivity contribution in [2.75, 3.05) is 0 Å². The number of nitrogens with two attached hydrogens (primary N) is 1. The van der Waals surface area contributed by atoms with Gasteiger partial charge in [0.05, 0.1) is 6.10 Å². The van der Waals surface area contributed by atoms with Crippen LogP contribution in [0.4, 0.5) is 0 Å². The molecule has 0 unspecified atom stereocenters. The van der Waals surface area contributed by atoms with Crippen molar-refractivity contribution >= 4 is 11.8 Å². The van der Waals surface area contributed by atoms with E-state index in [1.165, 1.54) is 0 Å². The Hall–Kier alpha value is -0.940. The lowest BCUT2D eigenvalue weighted by molar-refractivity contribution is -0.141. The average Bonchev–Trinajstić information content (AvgIpc) is 2.23. The van der Waals surface area contributed by atoms with Crippen LogP contribution in [-0.4, -0.2) is 34.1 Å². The van der Waals surface area contributed by atoms with Gasteiger partial charge in [-0.2, -0.15) is 0 Å². The number of carboxylic acid groups (broad SMARTS) is 1. The maximum atomic E-state index is 11.3. The van der Waals surface area contributed by atoms with E-state index in [2.05, 4.69) is 6.92 Å². The molecule has 0 fully saturated rings. The molecular formula is C11H21NO4. The molecule has 94 valence electrons. The maximum absolute atomic E-state index is 11.3. The van der Waals surface area contributed by atoms with E-state index in [1.807, 2.05) is 0 Å². The second-order valence-corrected chi connectivity index (χ2v) is 3.98. The van der Waals surface area contributed by atoms with Gasteiger partial charge in [-0.05, 0) is 6.42 Å². The molecule has 5 nitrogen and oxygen atoms in total. The number of carbonyl (C=O) groups is 2. The highest BCUT2D eigenvalue weighted by Crippen LogP contribution is 2.07. The topological polar surface area (TPSA) is 101 Å². The smallest absolute Gasteiger partial charge is 0.323 e. The van der Waals surface area contributed by atoms with E-state index in [1.54, 1.807) is 0 Å². The van der Waals surface area contributed by atoms with E-state index in [-0.39, 0.29) is 12.2 Å². The van der Waals surface area contributed by atoms with Gasteiger partial charge < -0.3 is 15.9 Å². The van der Waals surface area contributed by atoms with Crippen LogP contribution in [0, 0.1) is 0 Å². The largest absolute Gasteiger partial charge is 0.480 e. The van der Waals surface area contributed by atoms with Crippen LogP contribution in [0.25, 0.3) is 0 Å². The Balaban J connectivity index is 3.74. The number of hydrogen-bond donors (Lipinski definition) is 3. The molecule has 0 aromatic carbocycles. The summed E-state index contributed by atoms with van der Waals surface area (Å²) in [6, 6.07) is -1.38. The molecule has 0 bridgehead atoms. The van der Waals surface area contributed by atoms with Crippen molar-refractivity contribution in [3.05, 3.63) is 0 Å². The average molecular weight is 231 g/mol. The van der Waals surface area contributed by atoms with Crippen LogP contribution in [0.3, 0.4) is 0 Å². The minimum Gasteiger partial charge on any atom is -0.480 e. The fourth-order valence-electron chi connectivity index (χ4n) is 1.38. The summed E-state index contributed by atoms with van der Waals surface area (Å²) in [5.74, 6) is -1.41. The number of rotatable bonds is 9. The molecule has 0 aliphatic heterocycles. The van der Waals surface area contributed by atoms with Crippen LogP contribution in [-0.2, 0) is 9.59 Å².